The van der Waals surface area contributed by atoms with Crippen LogP contribution in [0.3, 0.4) is 0 Å². The Kier molecular flexibility index (Phi) is 8.57. The molecule has 0 saturated carbocycles. The first kappa shape index (κ1) is 26.6. The fourth-order valence-corrected chi connectivity index (χ4v) is 3.51. The van der Waals surface area contributed by atoms with Crippen molar-refractivity contribution in [3.8, 4) is 5.75 Å². The Morgan fingerprint density at radius 3 is 2.33 bits per heavy atom. The van der Waals surface area contributed by atoms with E-state index in [0.29, 0.717) is 23.3 Å². The second kappa shape index (κ2) is 11.6. The van der Waals surface area contributed by atoms with Crippen molar-refractivity contribution < 1.29 is 37.1 Å². The van der Waals surface area contributed by atoms with E-state index in [1.54, 1.807) is 48.5 Å². The Labute approximate surface area is 206 Å². The predicted molar refractivity (Wildman–Crippen MR) is 123 cm³/mol. The van der Waals surface area contributed by atoms with Crippen LogP contribution < -0.4 is 9.57 Å². The molecule has 11 heteroatoms. The highest BCUT2D eigenvalue weighted by Crippen LogP contribution is 2.32. The number of amides is 1. The molecule has 3 aromatic rings. The summed E-state index contributed by atoms with van der Waals surface area (Å²) in [6, 6.07) is 13.9. The number of methoxy groups -OCH3 is 1. The quantitative estimate of drug-likeness (QED) is 0.301. The molecule has 0 aliphatic carbocycles. The first-order valence-corrected chi connectivity index (χ1v) is 11.1. The number of rotatable bonds is 10. The molecule has 0 spiro atoms. The van der Waals surface area contributed by atoms with Crippen LogP contribution in [0, 0.1) is 0 Å². The summed E-state index contributed by atoms with van der Waals surface area (Å²) in [5.41, 5.74) is -0.325. The molecule has 0 bridgehead atoms. The van der Waals surface area contributed by atoms with E-state index in [1.807, 2.05) is 6.92 Å². The molecule has 0 fully saturated rings. The normalized spacial score (nSPS) is 11.2. The summed E-state index contributed by atoms with van der Waals surface area (Å²) in [7, 11) is 1.52. The van der Waals surface area contributed by atoms with Crippen LogP contribution in [-0.4, -0.2) is 47.2 Å². The van der Waals surface area contributed by atoms with Gasteiger partial charge in [0.1, 0.15) is 11.3 Å². The van der Waals surface area contributed by atoms with Gasteiger partial charge in [-0.2, -0.15) is 13.2 Å². The van der Waals surface area contributed by atoms with E-state index >= 15 is 0 Å². The number of hydrogen-bond acceptors (Lipinski definition) is 6. The highest BCUT2D eigenvalue weighted by molar-refractivity contribution is 5.95. The van der Waals surface area contributed by atoms with Crippen molar-refractivity contribution in [1.29, 1.82) is 0 Å². The zero-order valence-corrected chi connectivity index (χ0v) is 20.0. The van der Waals surface area contributed by atoms with Gasteiger partial charge in [-0.15, -0.1) is 5.10 Å². The Hall–Kier alpha value is -4.02. The predicted octanol–water partition coefficient (Wildman–Crippen LogP) is 4.38. The van der Waals surface area contributed by atoms with Gasteiger partial charge < -0.3 is 14.3 Å². The van der Waals surface area contributed by atoms with Gasteiger partial charge in [0.05, 0.1) is 19.9 Å². The van der Waals surface area contributed by atoms with Crippen molar-refractivity contribution >= 4 is 11.9 Å². The number of ether oxygens (including phenoxy) is 2. The van der Waals surface area contributed by atoms with Crippen LogP contribution in [0.15, 0.2) is 54.7 Å². The van der Waals surface area contributed by atoms with Crippen molar-refractivity contribution in [1.82, 2.24) is 14.8 Å². The maximum absolute atomic E-state index is 13.8. The number of nitrogens with zero attached hydrogens (tertiary/aromatic N) is 3. The second-order valence-corrected chi connectivity index (χ2v) is 7.62. The maximum Gasteiger partial charge on any atom is 0.437 e. The van der Waals surface area contributed by atoms with Gasteiger partial charge in [-0.3, -0.25) is 9.69 Å². The third-order valence-corrected chi connectivity index (χ3v) is 5.29. The Morgan fingerprint density at radius 2 is 1.72 bits per heavy atom. The summed E-state index contributed by atoms with van der Waals surface area (Å²) >= 11 is 0. The molecule has 0 unspecified atom stereocenters. The topological polar surface area (TPSA) is 82.9 Å². The summed E-state index contributed by atoms with van der Waals surface area (Å²) < 4.78 is 51.1. The standard InChI is InChI=1S/C25H26F3N3O5/c1-4-18-8-6-7-9-20(18)23(32)30(15-17-10-12-19(34-3)13-11-17)16-36-31-22(25(26,27)28)21(14-29-31)24(33)35-5-2/h6-14H,4-5,15-16H2,1-3H3. The van der Waals surface area contributed by atoms with Crippen molar-refractivity contribution in [3.05, 3.63) is 82.7 Å². The van der Waals surface area contributed by atoms with Crippen LogP contribution in [0.1, 0.15) is 51.4 Å². The van der Waals surface area contributed by atoms with Gasteiger partial charge in [0.15, 0.2) is 12.4 Å². The summed E-state index contributed by atoms with van der Waals surface area (Å²) in [6.45, 7) is 2.73. The number of aromatic nitrogens is 2. The highest BCUT2D eigenvalue weighted by atomic mass is 19.4. The Morgan fingerprint density at radius 1 is 1.03 bits per heavy atom. The number of aryl methyl sites for hydroxylation is 1. The average Bonchev–Trinajstić information content (AvgIpc) is 3.31. The van der Waals surface area contributed by atoms with Gasteiger partial charge in [0.2, 0.25) is 0 Å². The molecule has 0 saturated heterocycles. The van der Waals surface area contributed by atoms with Gasteiger partial charge in [-0.05, 0) is 42.7 Å². The third-order valence-electron chi connectivity index (χ3n) is 5.29. The number of hydrogen-bond donors (Lipinski definition) is 0. The van der Waals surface area contributed by atoms with Crippen molar-refractivity contribution in [3.63, 3.8) is 0 Å². The lowest BCUT2D eigenvalue weighted by molar-refractivity contribution is -0.156. The first-order valence-electron chi connectivity index (χ1n) is 11.1. The lowest BCUT2D eigenvalue weighted by atomic mass is 10.0. The molecule has 0 aliphatic rings. The number of halogens is 3. The van der Waals surface area contributed by atoms with E-state index in [2.05, 4.69) is 5.10 Å². The molecule has 1 aromatic heterocycles. The van der Waals surface area contributed by atoms with E-state index in [4.69, 9.17) is 14.3 Å². The molecule has 0 aliphatic heterocycles. The third kappa shape index (κ3) is 6.15. The minimum Gasteiger partial charge on any atom is -0.497 e. The van der Waals surface area contributed by atoms with Crippen LogP contribution in [0.2, 0.25) is 0 Å². The van der Waals surface area contributed by atoms with Gasteiger partial charge in [0.25, 0.3) is 5.91 Å². The second-order valence-electron chi connectivity index (χ2n) is 7.62. The first-order chi connectivity index (χ1) is 17.2. The molecule has 0 N–H and O–H groups in total. The number of esters is 1. The van der Waals surface area contributed by atoms with Crippen molar-refractivity contribution in [2.45, 2.75) is 33.0 Å². The smallest absolute Gasteiger partial charge is 0.437 e. The molecule has 1 heterocycles. The van der Waals surface area contributed by atoms with Crippen LogP contribution in [0.5, 0.6) is 5.75 Å². The fraction of sp³-hybridized carbons (Fsp3) is 0.320. The van der Waals surface area contributed by atoms with Crippen LogP contribution >= 0.6 is 0 Å². The molecule has 36 heavy (non-hydrogen) atoms. The Bertz CT molecular complexity index is 1190. The highest BCUT2D eigenvalue weighted by Gasteiger charge is 2.42. The van der Waals surface area contributed by atoms with Crippen molar-refractivity contribution in [2.75, 3.05) is 20.4 Å². The molecule has 1 amide bonds. The number of benzene rings is 2. The van der Waals surface area contributed by atoms with Crippen molar-refractivity contribution in [2.24, 2.45) is 0 Å². The fourth-order valence-electron chi connectivity index (χ4n) is 3.51. The van der Waals surface area contributed by atoms with E-state index in [-0.39, 0.29) is 18.0 Å². The number of carbonyl (C=O) groups is 2. The SMILES string of the molecule is CCOC(=O)c1cnn(OCN(Cc2ccc(OC)cc2)C(=O)c2ccccc2CC)c1C(F)(F)F. The minimum absolute atomic E-state index is 0.0359. The van der Waals surface area contributed by atoms with E-state index in [9.17, 15) is 22.8 Å². The van der Waals surface area contributed by atoms with Gasteiger partial charge in [-0.1, -0.05) is 42.1 Å². The molecule has 8 nitrogen and oxygen atoms in total. The summed E-state index contributed by atoms with van der Waals surface area (Å²) in [5, 5.41) is 3.57. The zero-order valence-electron chi connectivity index (χ0n) is 20.0. The van der Waals surface area contributed by atoms with E-state index < -0.39 is 36.0 Å². The summed E-state index contributed by atoms with van der Waals surface area (Å²) in [6.07, 6.45) is -3.65. The zero-order chi connectivity index (χ0) is 26.3. The lowest BCUT2D eigenvalue weighted by Gasteiger charge is -2.24. The molecular formula is C25H26F3N3O5. The average molecular weight is 505 g/mol. The lowest BCUT2D eigenvalue weighted by Crippen LogP contribution is -2.38. The minimum atomic E-state index is -4.96. The van der Waals surface area contributed by atoms with Gasteiger partial charge in [-0.25, -0.2) is 4.79 Å². The summed E-state index contributed by atoms with van der Waals surface area (Å²) in [4.78, 5) is 32.2. The monoisotopic (exact) mass is 505 g/mol. The van der Waals surface area contributed by atoms with E-state index in [0.717, 1.165) is 11.8 Å². The molecule has 2 aromatic carbocycles. The molecule has 0 radical (unpaired) electrons. The van der Waals surface area contributed by atoms with Crippen LogP contribution in [0.4, 0.5) is 13.2 Å². The molecule has 192 valence electrons. The van der Waals surface area contributed by atoms with Gasteiger partial charge >= 0.3 is 12.1 Å². The summed E-state index contributed by atoms with van der Waals surface area (Å²) in [5.74, 6) is -1.00. The molecule has 3 rings (SSSR count). The van der Waals surface area contributed by atoms with Crippen LogP contribution in [0.25, 0.3) is 0 Å². The molecular weight excluding hydrogens is 479 g/mol. The Balaban J connectivity index is 1.93. The molecule has 0 atom stereocenters. The maximum atomic E-state index is 13.8. The van der Waals surface area contributed by atoms with E-state index in [1.165, 1.54) is 18.9 Å². The number of carbonyl (C=O) groups excluding carboxylic acids is 2. The van der Waals surface area contributed by atoms with Crippen LogP contribution in [-0.2, 0) is 23.9 Å². The van der Waals surface area contributed by atoms with Gasteiger partial charge in [0, 0.05) is 12.1 Å². The number of alkyl halides is 3. The largest absolute Gasteiger partial charge is 0.497 e.